The topological polar surface area (TPSA) is 89.2 Å². The molecule has 0 saturated heterocycles. The average molecular weight is 486 g/mol. The maximum absolute atomic E-state index is 11.0. The van der Waals surface area contributed by atoms with Crippen molar-refractivity contribution >= 4 is 5.91 Å². The number of unbranched alkanes of at least 4 members (excludes halogenated alkanes) is 8. The van der Waals surface area contributed by atoms with Crippen LogP contribution in [0.5, 0.6) is 0 Å². The van der Waals surface area contributed by atoms with Gasteiger partial charge in [-0.2, -0.15) is 0 Å². The largest absolute Gasteiger partial charge is 0.414 e. The zero-order valence-electron chi connectivity index (χ0n) is 22.3. The predicted octanol–water partition coefficient (Wildman–Crippen LogP) is 6.04. The number of primary amides is 1. The zero-order valence-corrected chi connectivity index (χ0v) is 22.3. The molecule has 0 aromatic rings. The normalized spacial score (nSPS) is 12.2. The minimum Gasteiger partial charge on any atom is -0.414 e. The summed E-state index contributed by atoms with van der Waals surface area (Å²) in [7, 11) is 0. The Kier molecular flexibility index (Phi) is 22.5. The SMILES string of the molecule is CCCCCOC(CCC(OCCCCC)(OCCCCC)OCCCCC)OC#CC(N)=O. The first-order chi connectivity index (χ1) is 16.5. The van der Waals surface area contributed by atoms with Gasteiger partial charge in [0.2, 0.25) is 6.29 Å². The molecule has 7 heteroatoms. The first kappa shape index (κ1) is 32.7. The van der Waals surface area contributed by atoms with Crippen molar-refractivity contribution in [3.63, 3.8) is 0 Å². The molecule has 0 fully saturated rings. The predicted molar refractivity (Wildman–Crippen MR) is 136 cm³/mol. The molecular weight excluding hydrogens is 434 g/mol. The van der Waals surface area contributed by atoms with Crippen molar-refractivity contribution in [2.45, 2.75) is 130 Å². The van der Waals surface area contributed by atoms with Crippen molar-refractivity contribution in [3.8, 4) is 12.0 Å². The second kappa shape index (κ2) is 23.4. The van der Waals surface area contributed by atoms with Crippen molar-refractivity contribution in [2.75, 3.05) is 26.4 Å². The Morgan fingerprint density at radius 2 is 1.18 bits per heavy atom. The van der Waals surface area contributed by atoms with Crippen LogP contribution in [-0.2, 0) is 28.5 Å². The molecule has 0 radical (unpaired) electrons. The van der Waals surface area contributed by atoms with E-state index in [0.29, 0.717) is 39.3 Å². The van der Waals surface area contributed by atoms with Gasteiger partial charge < -0.3 is 29.4 Å². The molecule has 34 heavy (non-hydrogen) atoms. The van der Waals surface area contributed by atoms with Crippen molar-refractivity contribution < 1.29 is 28.5 Å². The first-order valence-corrected chi connectivity index (χ1v) is 13.5. The Morgan fingerprint density at radius 1 is 0.735 bits per heavy atom. The number of carbonyl (C=O) groups excluding carboxylic acids is 1. The number of nitrogens with two attached hydrogens (primary N) is 1. The van der Waals surface area contributed by atoms with Gasteiger partial charge in [0.25, 0.3) is 11.9 Å². The summed E-state index contributed by atoms with van der Waals surface area (Å²) in [4.78, 5) is 11.0. The minimum absolute atomic E-state index is 0.439. The molecule has 0 rings (SSSR count). The molecule has 1 unspecified atom stereocenters. The van der Waals surface area contributed by atoms with Gasteiger partial charge in [0.05, 0.1) is 26.4 Å². The van der Waals surface area contributed by atoms with Crippen LogP contribution in [0.1, 0.15) is 118 Å². The quantitative estimate of drug-likeness (QED) is 0.102. The molecule has 200 valence electrons. The fraction of sp³-hybridized carbons (Fsp3) is 0.889. The monoisotopic (exact) mass is 485 g/mol. The smallest absolute Gasteiger partial charge is 0.296 e. The van der Waals surface area contributed by atoms with Gasteiger partial charge in [-0.05, 0) is 25.7 Å². The molecule has 0 saturated carbocycles. The second-order valence-corrected chi connectivity index (χ2v) is 8.61. The minimum atomic E-state index is -1.14. The van der Waals surface area contributed by atoms with E-state index in [1.165, 1.54) is 0 Å². The Bertz CT molecular complexity index is 500. The highest BCUT2D eigenvalue weighted by Crippen LogP contribution is 2.26. The molecule has 1 amide bonds. The molecule has 0 aliphatic carbocycles. The summed E-state index contributed by atoms with van der Waals surface area (Å²) >= 11 is 0. The summed E-state index contributed by atoms with van der Waals surface area (Å²) in [6, 6.07) is 0. The van der Waals surface area contributed by atoms with Crippen molar-refractivity contribution in [3.05, 3.63) is 0 Å². The lowest BCUT2D eigenvalue weighted by molar-refractivity contribution is -0.387. The van der Waals surface area contributed by atoms with Gasteiger partial charge in [0, 0.05) is 18.8 Å². The summed E-state index contributed by atoms with van der Waals surface area (Å²) in [6.45, 7) is 10.9. The molecule has 2 N–H and O–H groups in total. The molecular formula is C27H51NO6. The number of ether oxygens (including phenoxy) is 5. The van der Waals surface area contributed by atoms with Gasteiger partial charge in [-0.1, -0.05) is 79.1 Å². The van der Waals surface area contributed by atoms with Crippen LogP contribution in [0.3, 0.4) is 0 Å². The van der Waals surface area contributed by atoms with Gasteiger partial charge in [-0.25, -0.2) is 0 Å². The van der Waals surface area contributed by atoms with Crippen LogP contribution in [0.4, 0.5) is 0 Å². The molecule has 0 bridgehead atoms. The first-order valence-electron chi connectivity index (χ1n) is 13.5. The highest BCUT2D eigenvalue weighted by atomic mass is 16.9. The van der Waals surface area contributed by atoms with Gasteiger partial charge in [0.1, 0.15) is 6.11 Å². The van der Waals surface area contributed by atoms with Crippen LogP contribution in [0, 0.1) is 12.0 Å². The number of rotatable bonds is 24. The van der Waals surface area contributed by atoms with Gasteiger partial charge in [-0.15, -0.1) is 0 Å². The van der Waals surface area contributed by atoms with E-state index in [2.05, 4.69) is 39.7 Å². The van der Waals surface area contributed by atoms with Crippen LogP contribution in [-0.4, -0.2) is 44.6 Å². The lowest BCUT2D eigenvalue weighted by Gasteiger charge is -2.34. The summed E-state index contributed by atoms with van der Waals surface area (Å²) < 4.78 is 30.2. The Labute approximate surface area is 208 Å². The van der Waals surface area contributed by atoms with E-state index < -0.39 is 18.2 Å². The molecule has 0 spiro atoms. The lowest BCUT2D eigenvalue weighted by Crippen LogP contribution is -2.41. The number of hydrogen-bond acceptors (Lipinski definition) is 6. The summed E-state index contributed by atoms with van der Waals surface area (Å²) in [6.07, 6.45) is 15.2. The van der Waals surface area contributed by atoms with Gasteiger partial charge in [-0.3, -0.25) is 4.79 Å². The number of hydrogen-bond donors (Lipinski definition) is 1. The van der Waals surface area contributed by atoms with E-state index in [1.807, 2.05) is 0 Å². The fourth-order valence-corrected chi connectivity index (χ4v) is 3.26. The van der Waals surface area contributed by atoms with E-state index >= 15 is 0 Å². The van der Waals surface area contributed by atoms with Crippen LogP contribution >= 0.6 is 0 Å². The molecule has 7 nitrogen and oxygen atoms in total. The van der Waals surface area contributed by atoms with Crippen molar-refractivity contribution in [1.82, 2.24) is 0 Å². The van der Waals surface area contributed by atoms with Gasteiger partial charge in [0.15, 0.2) is 0 Å². The molecule has 0 aromatic heterocycles. The van der Waals surface area contributed by atoms with E-state index in [-0.39, 0.29) is 0 Å². The summed E-state index contributed by atoms with van der Waals surface area (Å²) in [5, 5.41) is 0. The Hall–Kier alpha value is -1.33. The van der Waals surface area contributed by atoms with Crippen LogP contribution in [0.2, 0.25) is 0 Å². The summed E-state index contributed by atoms with van der Waals surface area (Å²) in [5.74, 6) is 0.335. The van der Waals surface area contributed by atoms with Crippen LogP contribution in [0.25, 0.3) is 0 Å². The molecule has 0 heterocycles. The Balaban J connectivity index is 5.31. The average Bonchev–Trinajstić information content (AvgIpc) is 2.82. The van der Waals surface area contributed by atoms with Crippen molar-refractivity contribution in [1.29, 1.82) is 0 Å². The highest BCUT2D eigenvalue weighted by Gasteiger charge is 2.35. The van der Waals surface area contributed by atoms with Crippen LogP contribution in [0.15, 0.2) is 0 Å². The molecule has 1 atom stereocenters. The summed E-state index contributed by atoms with van der Waals surface area (Å²) in [5.41, 5.74) is 5.11. The third-order valence-corrected chi connectivity index (χ3v) is 5.31. The van der Waals surface area contributed by atoms with Crippen LogP contribution < -0.4 is 5.73 Å². The van der Waals surface area contributed by atoms with E-state index in [1.54, 1.807) is 0 Å². The maximum atomic E-state index is 11.0. The number of carbonyl (C=O) groups is 1. The fourth-order valence-electron chi connectivity index (χ4n) is 3.26. The molecule has 0 aliphatic heterocycles. The highest BCUT2D eigenvalue weighted by molar-refractivity contribution is 5.91. The Morgan fingerprint density at radius 3 is 1.59 bits per heavy atom. The molecule has 0 aliphatic rings. The zero-order chi connectivity index (χ0) is 25.3. The van der Waals surface area contributed by atoms with E-state index in [0.717, 1.165) is 77.0 Å². The number of amides is 1. The lowest BCUT2D eigenvalue weighted by atomic mass is 10.2. The van der Waals surface area contributed by atoms with Gasteiger partial charge >= 0.3 is 0 Å². The standard InChI is InChI=1S/C27H51NO6/c1-5-9-13-20-30-26(31-24-18-25(28)29)17-19-27(32-21-14-10-6-2,33-22-15-11-7-3)34-23-16-12-8-4/h26H,5-17,19-23H2,1-4H3,(H2,28,29). The second-order valence-electron chi connectivity index (χ2n) is 8.61. The van der Waals surface area contributed by atoms with E-state index in [4.69, 9.17) is 29.4 Å². The third-order valence-electron chi connectivity index (χ3n) is 5.31. The maximum Gasteiger partial charge on any atom is 0.296 e. The van der Waals surface area contributed by atoms with Crippen molar-refractivity contribution in [2.24, 2.45) is 5.73 Å². The third kappa shape index (κ3) is 19.0. The van der Waals surface area contributed by atoms with E-state index in [9.17, 15) is 4.79 Å². The molecule has 0 aromatic carbocycles.